The molecule has 3 fully saturated rings. The van der Waals surface area contributed by atoms with Gasteiger partial charge in [0.1, 0.15) is 29.8 Å². The predicted molar refractivity (Wildman–Crippen MR) is 152 cm³/mol. The highest BCUT2D eigenvalue weighted by molar-refractivity contribution is 6.18. The molecule has 4 aliphatic carbocycles. The zero-order valence-corrected chi connectivity index (χ0v) is 24.7. The summed E-state index contributed by atoms with van der Waals surface area (Å²) < 4.78 is 11.6. The fourth-order valence-corrected chi connectivity index (χ4v) is 8.45. The second-order valence-corrected chi connectivity index (χ2v) is 12.3. The first kappa shape index (κ1) is 30.6. The van der Waals surface area contributed by atoms with Gasteiger partial charge in [-0.05, 0) is 51.3 Å². The highest BCUT2D eigenvalue weighted by Crippen LogP contribution is 2.54. The van der Waals surface area contributed by atoms with Gasteiger partial charge in [-0.2, -0.15) is 0 Å². The Balaban J connectivity index is 1.55. The number of fused-ring (bicyclic) bond motifs is 3. The molecule has 230 valence electrons. The first-order valence-corrected chi connectivity index (χ1v) is 15.1. The van der Waals surface area contributed by atoms with Gasteiger partial charge in [-0.25, -0.2) is 0 Å². The number of aliphatic hydroxyl groups excluding tert-OH is 1. The summed E-state index contributed by atoms with van der Waals surface area (Å²) >= 11 is 0. The van der Waals surface area contributed by atoms with Crippen LogP contribution in [0.25, 0.3) is 0 Å². The van der Waals surface area contributed by atoms with Crippen LogP contribution in [0.4, 0.5) is 0 Å². The van der Waals surface area contributed by atoms with Gasteiger partial charge < -0.3 is 30.7 Å². The molecule has 0 bridgehead atoms. The smallest absolute Gasteiger partial charge is 0.228 e. The van der Waals surface area contributed by atoms with E-state index in [9.17, 15) is 29.4 Å². The number of nitrogens with zero attached hydrogens (tertiary/aromatic N) is 1. The van der Waals surface area contributed by atoms with Crippen molar-refractivity contribution >= 4 is 23.3 Å². The molecule has 0 radical (unpaired) electrons. The normalized spacial score (nSPS) is 31.5. The molecule has 11 nitrogen and oxygen atoms in total. The maximum Gasteiger partial charge on any atom is 0.228 e. The molecule has 1 aromatic rings. The number of phenols is 1. The van der Waals surface area contributed by atoms with E-state index in [1.807, 2.05) is 0 Å². The number of amides is 1. The highest BCUT2D eigenvalue weighted by Gasteiger charge is 2.65. The second kappa shape index (κ2) is 12.0. The van der Waals surface area contributed by atoms with Gasteiger partial charge in [0.05, 0.1) is 24.6 Å². The number of carbonyl (C=O) groups excluding carboxylic acids is 4. The molecule has 5 rings (SSSR count). The quantitative estimate of drug-likeness (QED) is 0.246. The lowest BCUT2D eigenvalue weighted by molar-refractivity contribution is -0.201. The van der Waals surface area contributed by atoms with Crippen molar-refractivity contribution in [3.63, 3.8) is 0 Å². The Labute approximate surface area is 246 Å². The Kier molecular flexibility index (Phi) is 8.76. The average molecular weight is 586 g/mol. The lowest BCUT2D eigenvalue weighted by Gasteiger charge is -2.54. The number of aromatic hydroxyl groups is 1. The van der Waals surface area contributed by atoms with Crippen molar-refractivity contribution in [2.24, 2.45) is 29.4 Å². The summed E-state index contributed by atoms with van der Waals surface area (Å²) in [6.07, 6.45) is 6.08. The Morgan fingerprint density at radius 1 is 1.21 bits per heavy atom. The van der Waals surface area contributed by atoms with Crippen LogP contribution in [0.3, 0.4) is 0 Å². The van der Waals surface area contributed by atoms with Gasteiger partial charge in [-0.1, -0.05) is 26.2 Å². The number of rotatable bonds is 9. The van der Waals surface area contributed by atoms with Crippen molar-refractivity contribution < 1.29 is 38.9 Å². The van der Waals surface area contributed by atoms with E-state index in [1.54, 1.807) is 20.2 Å². The first-order valence-electron chi connectivity index (χ1n) is 15.1. The van der Waals surface area contributed by atoms with Gasteiger partial charge in [-0.15, -0.1) is 0 Å². The second-order valence-electron chi connectivity index (χ2n) is 12.3. The number of nitrogens with two attached hydrogens (primary N) is 1. The van der Waals surface area contributed by atoms with Gasteiger partial charge in [0.15, 0.2) is 17.3 Å². The molecular formula is C31H43N3O8. The summed E-state index contributed by atoms with van der Waals surface area (Å²) in [5, 5.41) is 24.0. The van der Waals surface area contributed by atoms with Crippen molar-refractivity contribution in [2.45, 2.75) is 82.5 Å². The first-order chi connectivity index (χ1) is 20.1. The number of Topliss-reactive ketones (excluding diaryl/α,β-unsaturated/α-hetero) is 3. The molecular weight excluding hydrogens is 542 g/mol. The summed E-state index contributed by atoms with van der Waals surface area (Å²) in [5.74, 6) is -5.81. The Bertz CT molecular complexity index is 1260. The summed E-state index contributed by atoms with van der Waals surface area (Å²) in [7, 11) is 3.11. The maximum atomic E-state index is 14.3. The van der Waals surface area contributed by atoms with E-state index in [1.165, 1.54) is 19.3 Å². The van der Waals surface area contributed by atoms with Crippen LogP contribution in [0.2, 0.25) is 0 Å². The zero-order valence-electron chi connectivity index (χ0n) is 24.7. The SMILES string of the molecule is CCN(Cc1cc(O)c2c(c1OC)CC1CC3C(NC)C(=O)C(C(N)=O)CC3(OCO)C(=O)C1C2=O)C1CCCCC1. The summed E-state index contributed by atoms with van der Waals surface area (Å²) in [6, 6.07) is 1.09. The van der Waals surface area contributed by atoms with E-state index >= 15 is 0 Å². The predicted octanol–water partition coefficient (Wildman–Crippen LogP) is 1.48. The minimum atomic E-state index is -1.76. The molecule has 6 unspecified atom stereocenters. The summed E-state index contributed by atoms with van der Waals surface area (Å²) in [5.41, 5.74) is 5.21. The fraction of sp³-hybridized carbons (Fsp3) is 0.677. The molecule has 5 N–H and O–H groups in total. The number of nitrogens with one attached hydrogen (secondary N) is 1. The van der Waals surface area contributed by atoms with Crippen molar-refractivity contribution in [1.29, 1.82) is 0 Å². The van der Waals surface area contributed by atoms with Crippen LogP contribution in [0.1, 0.15) is 73.4 Å². The molecule has 0 heterocycles. The number of carbonyl (C=O) groups is 4. The largest absolute Gasteiger partial charge is 0.507 e. The third kappa shape index (κ3) is 4.84. The molecule has 0 aromatic heterocycles. The number of likely N-dealkylation sites (N-methyl/N-ethyl adjacent to an activating group) is 1. The van der Waals surface area contributed by atoms with E-state index in [-0.39, 0.29) is 30.6 Å². The maximum absolute atomic E-state index is 14.3. The van der Waals surface area contributed by atoms with E-state index in [0.29, 0.717) is 23.9 Å². The van der Waals surface area contributed by atoms with Gasteiger partial charge in [0, 0.05) is 36.1 Å². The van der Waals surface area contributed by atoms with Gasteiger partial charge >= 0.3 is 0 Å². The highest BCUT2D eigenvalue weighted by atomic mass is 16.6. The molecule has 3 saturated carbocycles. The molecule has 0 saturated heterocycles. The van der Waals surface area contributed by atoms with E-state index in [2.05, 4.69) is 17.1 Å². The number of primary amides is 1. The Hall–Kier alpha value is -2.86. The molecule has 0 aliphatic heterocycles. The molecule has 42 heavy (non-hydrogen) atoms. The van der Waals surface area contributed by atoms with E-state index in [0.717, 1.165) is 24.9 Å². The minimum absolute atomic E-state index is 0.0621. The average Bonchev–Trinajstić information content (AvgIpc) is 2.97. The molecule has 6 atom stereocenters. The molecule has 11 heteroatoms. The third-order valence-corrected chi connectivity index (χ3v) is 10.4. The van der Waals surface area contributed by atoms with Crippen LogP contribution >= 0.6 is 0 Å². The van der Waals surface area contributed by atoms with Gasteiger partial charge in [-0.3, -0.25) is 24.1 Å². The molecule has 1 amide bonds. The number of aliphatic hydroxyl groups is 1. The van der Waals surface area contributed by atoms with Crippen LogP contribution in [0.5, 0.6) is 11.5 Å². The Morgan fingerprint density at radius 2 is 1.93 bits per heavy atom. The van der Waals surface area contributed by atoms with Crippen LogP contribution in [0.15, 0.2) is 6.07 Å². The lowest BCUT2D eigenvalue weighted by atomic mass is 9.52. The van der Waals surface area contributed by atoms with Crippen molar-refractivity contribution in [1.82, 2.24) is 10.2 Å². The number of ketones is 3. The molecule has 4 aliphatic rings. The standard InChI is InChI=1S/C31H43N3O8/c1-4-34(18-8-6-5-7-9-18)14-17-12-22(36)24-19(28(17)41-3)10-16-11-21-25(33-2)26(37)20(30(32)40)13-31(21,42-15-35)29(39)23(16)27(24)38/h12,16,18,20-21,23,25,33,35-36H,4-11,13-15H2,1-3H3,(H2,32,40). The number of hydrogen-bond acceptors (Lipinski definition) is 10. The Morgan fingerprint density at radius 3 is 2.52 bits per heavy atom. The number of hydrogen-bond donors (Lipinski definition) is 4. The summed E-state index contributed by atoms with van der Waals surface area (Å²) in [6.45, 7) is 2.68. The van der Waals surface area contributed by atoms with E-state index in [4.69, 9.17) is 15.2 Å². The van der Waals surface area contributed by atoms with Crippen molar-refractivity contribution in [2.75, 3.05) is 27.5 Å². The van der Waals surface area contributed by atoms with Gasteiger partial charge in [0.2, 0.25) is 5.91 Å². The van der Waals surface area contributed by atoms with Crippen LogP contribution in [-0.2, 0) is 32.1 Å². The lowest BCUT2D eigenvalue weighted by Crippen LogP contribution is -2.70. The van der Waals surface area contributed by atoms with Crippen LogP contribution < -0.4 is 15.8 Å². The number of ether oxygens (including phenoxy) is 2. The number of benzene rings is 1. The monoisotopic (exact) mass is 585 g/mol. The molecule has 0 spiro atoms. The number of phenolic OH excluding ortho intramolecular Hbond substituents is 1. The van der Waals surface area contributed by atoms with Crippen molar-refractivity contribution in [3.05, 3.63) is 22.8 Å². The van der Waals surface area contributed by atoms with Crippen molar-refractivity contribution in [3.8, 4) is 11.5 Å². The summed E-state index contributed by atoms with van der Waals surface area (Å²) in [4.78, 5) is 56.3. The fourth-order valence-electron chi connectivity index (χ4n) is 8.45. The minimum Gasteiger partial charge on any atom is -0.507 e. The molecule has 1 aromatic carbocycles. The number of methoxy groups -OCH3 is 1. The topological polar surface area (TPSA) is 168 Å². The van der Waals surface area contributed by atoms with Gasteiger partial charge in [0.25, 0.3) is 0 Å². The zero-order chi connectivity index (χ0) is 30.3. The van der Waals surface area contributed by atoms with E-state index < -0.39 is 65.4 Å². The third-order valence-electron chi connectivity index (χ3n) is 10.4. The van der Waals surface area contributed by atoms with Crippen LogP contribution in [-0.4, -0.2) is 83.5 Å². The van der Waals surface area contributed by atoms with Crippen LogP contribution in [0, 0.1) is 23.7 Å².